The molecule has 0 radical (unpaired) electrons. The Morgan fingerprint density at radius 3 is 2.84 bits per heavy atom. The van der Waals surface area contributed by atoms with Crippen LogP contribution in [-0.4, -0.2) is 79.1 Å². The van der Waals surface area contributed by atoms with Crippen molar-refractivity contribution < 1.29 is 24.2 Å². The highest BCUT2D eigenvalue weighted by Gasteiger charge is 2.43. The Bertz CT molecular complexity index is 479. The molecule has 0 aromatic heterocycles. The zero-order valence-corrected chi connectivity index (χ0v) is 14.5. The van der Waals surface area contributed by atoms with Crippen LogP contribution in [0.3, 0.4) is 0 Å². The van der Waals surface area contributed by atoms with Gasteiger partial charge in [-0.25, -0.2) is 0 Å². The number of carbonyl (C=O) groups excluding carboxylic acids is 2. The summed E-state index contributed by atoms with van der Waals surface area (Å²) in [5.41, 5.74) is 11.4. The molecule has 25 heavy (non-hydrogen) atoms. The van der Waals surface area contributed by atoms with Crippen molar-refractivity contribution in [3.8, 4) is 0 Å². The molecule has 11 heteroatoms. The number of hydrogen-bond acceptors (Lipinski definition) is 10. The lowest BCUT2D eigenvalue weighted by Gasteiger charge is -2.35. The Morgan fingerprint density at radius 1 is 1.48 bits per heavy atom. The van der Waals surface area contributed by atoms with Crippen LogP contribution < -0.4 is 27.4 Å². The molecule has 11 nitrogen and oxygen atoms in total. The van der Waals surface area contributed by atoms with Crippen molar-refractivity contribution in [1.29, 1.82) is 0 Å². The lowest BCUT2D eigenvalue weighted by Crippen LogP contribution is -2.70. The summed E-state index contributed by atoms with van der Waals surface area (Å²) in [4.78, 5) is 25.4. The third kappa shape index (κ3) is 5.07. The molecule has 5 atom stereocenters. The number of aliphatic hydroxyl groups is 1. The second kappa shape index (κ2) is 8.85. The SMILES string of the molecule is CC(C)C(N)C(=O)OCC(CO)OCN1CNC2C(=O)NC(N)NC21. The van der Waals surface area contributed by atoms with E-state index < -0.39 is 30.4 Å². The summed E-state index contributed by atoms with van der Waals surface area (Å²) in [6, 6.07) is -1.15. The third-order valence-corrected chi connectivity index (χ3v) is 4.24. The highest BCUT2D eigenvalue weighted by atomic mass is 16.6. The predicted molar refractivity (Wildman–Crippen MR) is 87.3 cm³/mol. The second-order valence-electron chi connectivity index (χ2n) is 6.53. The first kappa shape index (κ1) is 20.0. The van der Waals surface area contributed by atoms with Gasteiger partial charge < -0.3 is 25.6 Å². The number of carbonyl (C=O) groups is 2. The van der Waals surface area contributed by atoms with Crippen LogP contribution in [0.15, 0.2) is 0 Å². The van der Waals surface area contributed by atoms with E-state index in [1.807, 2.05) is 18.7 Å². The largest absolute Gasteiger partial charge is 0.462 e. The molecular weight excluding hydrogens is 332 g/mol. The van der Waals surface area contributed by atoms with Gasteiger partial charge in [0.25, 0.3) is 0 Å². The zero-order valence-electron chi connectivity index (χ0n) is 14.5. The molecule has 2 aliphatic heterocycles. The maximum Gasteiger partial charge on any atom is 0.323 e. The first-order valence-electron chi connectivity index (χ1n) is 8.27. The molecule has 0 aromatic carbocycles. The minimum Gasteiger partial charge on any atom is -0.462 e. The average molecular weight is 360 g/mol. The Labute approximate surface area is 146 Å². The highest BCUT2D eigenvalue weighted by molar-refractivity contribution is 5.83. The molecule has 2 rings (SSSR count). The standard InChI is InChI=1S/C14H28N6O5/c1-7(2)9(15)13(23)24-4-8(3-21)25-6-20-5-17-10-11(20)18-14(16)19-12(10)22/h7-11,14,17-18,21H,3-6,15-16H2,1-2H3,(H,19,22). The van der Waals surface area contributed by atoms with E-state index in [0.29, 0.717) is 6.67 Å². The maximum atomic E-state index is 11.9. The number of nitrogens with two attached hydrogens (primary N) is 2. The van der Waals surface area contributed by atoms with Crippen molar-refractivity contribution in [1.82, 2.24) is 20.9 Å². The van der Waals surface area contributed by atoms with Crippen LogP contribution in [0.4, 0.5) is 0 Å². The van der Waals surface area contributed by atoms with Crippen molar-refractivity contribution in [3.05, 3.63) is 0 Å². The number of nitrogens with one attached hydrogen (secondary N) is 3. The lowest BCUT2D eigenvalue weighted by atomic mass is 10.1. The molecule has 0 bridgehead atoms. The normalized spacial score (nSPS) is 29.2. The Morgan fingerprint density at radius 2 is 2.20 bits per heavy atom. The van der Waals surface area contributed by atoms with Gasteiger partial charge in [0.1, 0.15) is 37.8 Å². The number of amides is 1. The fourth-order valence-electron chi connectivity index (χ4n) is 2.57. The van der Waals surface area contributed by atoms with Gasteiger partial charge in [-0.15, -0.1) is 0 Å². The molecule has 2 heterocycles. The summed E-state index contributed by atoms with van der Waals surface area (Å²) >= 11 is 0. The fraction of sp³-hybridized carbons (Fsp3) is 0.857. The Hall–Kier alpha value is -1.34. The van der Waals surface area contributed by atoms with Gasteiger partial charge in [0.05, 0.1) is 19.4 Å². The maximum absolute atomic E-state index is 11.9. The summed E-state index contributed by atoms with van der Waals surface area (Å²) in [7, 11) is 0. The number of rotatable bonds is 8. The summed E-state index contributed by atoms with van der Waals surface area (Å²) in [6.07, 6.45) is -1.64. The minimum absolute atomic E-state index is 0.0404. The monoisotopic (exact) mass is 360 g/mol. The van der Waals surface area contributed by atoms with Crippen LogP contribution in [0.1, 0.15) is 13.8 Å². The molecule has 0 saturated carbocycles. The van der Waals surface area contributed by atoms with Crippen LogP contribution in [0.2, 0.25) is 0 Å². The molecule has 2 saturated heterocycles. The van der Waals surface area contributed by atoms with E-state index in [1.165, 1.54) is 0 Å². The van der Waals surface area contributed by atoms with Gasteiger partial charge in [-0.2, -0.15) is 0 Å². The Balaban J connectivity index is 1.79. The molecule has 2 aliphatic rings. The molecule has 0 aliphatic carbocycles. The van der Waals surface area contributed by atoms with E-state index in [0.717, 1.165) is 0 Å². The van der Waals surface area contributed by atoms with Crippen LogP contribution in [0.25, 0.3) is 0 Å². The lowest BCUT2D eigenvalue weighted by molar-refractivity contribution is -0.154. The van der Waals surface area contributed by atoms with Crippen molar-refractivity contribution >= 4 is 11.9 Å². The van der Waals surface area contributed by atoms with Gasteiger partial charge in [-0.1, -0.05) is 13.8 Å². The molecule has 0 spiro atoms. The molecule has 0 aromatic rings. The summed E-state index contributed by atoms with van der Waals surface area (Å²) in [5, 5.41) is 18.1. The number of hydrogen-bond donors (Lipinski definition) is 6. The summed E-state index contributed by atoms with van der Waals surface area (Å²) in [6.45, 7) is 3.77. The van der Waals surface area contributed by atoms with Gasteiger partial charge in [0.15, 0.2) is 0 Å². The third-order valence-electron chi connectivity index (χ3n) is 4.24. The number of nitrogens with zero attached hydrogens (tertiary/aromatic N) is 1. The first-order valence-corrected chi connectivity index (χ1v) is 8.27. The smallest absolute Gasteiger partial charge is 0.323 e. The first-order chi connectivity index (χ1) is 11.8. The van der Waals surface area contributed by atoms with Crippen molar-refractivity contribution in [2.45, 2.75) is 44.5 Å². The average Bonchev–Trinajstić information content (AvgIpc) is 2.97. The van der Waals surface area contributed by atoms with E-state index in [-0.39, 0.29) is 37.9 Å². The summed E-state index contributed by atoms with van der Waals surface area (Å²) in [5.74, 6) is -0.757. The number of fused-ring (bicyclic) bond motifs is 1. The van der Waals surface area contributed by atoms with Crippen LogP contribution >= 0.6 is 0 Å². The van der Waals surface area contributed by atoms with Crippen molar-refractivity contribution in [2.75, 3.05) is 26.6 Å². The molecule has 8 N–H and O–H groups in total. The number of ether oxygens (including phenoxy) is 2. The van der Waals surface area contributed by atoms with E-state index in [9.17, 15) is 14.7 Å². The highest BCUT2D eigenvalue weighted by Crippen LogP contribution is 2.13. The van der Waals surface area contributed by atoms with Gasteiger partial charge in [-0.3, -0.25) is 30.9 Å². The van der Waals surface area contributed by atoms with Gasteiger partial charge >= 0.3 is 5.97 Å². The van der Waals surface area contributed by atoms with Crippen LogP contribution in [-0.2, 0) is 19.1 Å². The van der Waals surface area contributed by atoms with Crippen LogP contribution in [0.5, 0.6) is 0 Å². The quantitative estimate of drug-likeness (QED) is 0.238. The Kier molecular flexibility index (Phi) is 7.07. The topological polar surface area (TPSA) is 164 Å². The van der Waals surface area contributed by atoms with E-state index in [1.54, 1.807) is 0 Å². The van der Waals surface area contributed by atoms with E-state index in [4.69, 9.17) is 20.9 Å². The van der Waals surface area contributed by atoms with Gasteiger partial charge in [-0.05, 0) is 5.92 Å². The number of aliphatic hydroxyl groups excluding tert-OH is 1. The van der Waals surface area contributed by atoms with Crippen LogP contribution in [0, 0.1) is 5.92 Å². The molecule has 2 fully saturated rings. The van der Waals surface area contributed by atoms with Crippen molar-refractivity contribution in [3.63, 3.8) is 0 Å². The zero-order chi connectivity index (χ0) is 18.6. The van der Waals surface area contributed by atoms with E-state index in [2.05, 4.69) is 16.0 Å². The minimum atomic E-state index is -0.714. The molecule has 5 unspecified atom stereocenters. The molecule has 144 valence electrons. The van der Waals surface area contributed by atoms with Gasteiger partial charge in [0, 0.05) is 0 Å². The van der Waals surface area contributed by atoms with E-state index >= 15 is 0 Å². The molecule has 1 amide bonds. The second-order valence-corrected chi connectivity index (χ2v) is 6.53. The summed E-state index contributed by atoms with van der Waals surface area (Å²) < 4.78 is 10.7. The van der Waals surface area contributed by atoms with Crippen molar-refractivity contribution in [2.24, 2.45) is 17.4 Å². The fourth-order valence-corrected chi connectivity index (χ4v) is 2.57. The predicted octanol–water partition coefficient (Wildman–Crippen LogP) is -3.63. The number of esters is 1. The molecular formula is C14H28N6O5. The van der Waals surface area contributed by atoms with Gasteiger partial charge in [0.2, 0.25) is 5.91 Å².